The minimum absolute atomic E-state index is 0.0392. The molecule has 336 valence electrons. The summed E-state index contributed by atoms with van der Waals surface area (Å²) in [4.78, 5) is 86.9. The second kappa shape index (κ2) is 27.4. The van der Waals surface area contributed by atoms with Crippen LogP contribution in [0, 0.1) is 17.3 Å². The molecule has 16 heteroatoms. The number of hydrogen-bond acceptors (Lipinski definition) is 10. The van der Waals surface area contributed by atoms with Crippen molar-refractivity contribution in [1.82, 2.24) is 26.2 Å². The Bertz CT molecular complexity index is 1730. The number of unbranched alkanes of at least 4 members (excludes halogenated alkanes) is 2. The van der Waals surface area contributed by atoms with Gasteiger partial charge in [0.05, 0.1) is 13.7 Å². The number of amides is 6. The van der Waals surface area contributed by atoms with Crippen LogP contribution in [0.15, 0.2) is 83.3 Å². The van der Waals surface area contributed by atoms with E-state index < -0.39 is 35.3 Å². The standard InChI is InChI=1S/C45H64ClN5O10/c1-31(29-32(2)35-21-22-36(59-7)43(57)61-35)15-10-11-18-38(53)50-41(45(4,5)6)42(56)48-25-13-16-34(20-19-33(3)46)30-60-44(58)49-27-14-26-47-37(52)17-9-8-12-28-51-39(54)23-24-40(51)55/h10-11,13,15,18-19,22-25,29,32,34-35,41H,8-9,12,14,16-17,20-21,26-28,30H2,1-7H3,(H,47,52)(H,48,56)(H,49,58)(H,50,53)/b15-10-,18-11-,25-13-,31-29+,33-19+/t32-,34?,35-,41+/m0/s1. The van der Waals surface area contributed by atoms with Crippen LogP contribution in [0.5, 0.6) is 0 Å². The molecule has 0 bridgehead atoms. The van der Waals surface area contributed by atoms with Gasteiger partial charge in [-0.3, -0.25) is 28.9 Å². The maximum absolute atomic E-state index is 13.2. The van der Waals surface area contributed by atoms with Crippen molar-refractivity contribution < 1.29 is 47.8 Å². The number of carbonyl (C=O) groups excluding carboxylic acids is 7. The molecular formula is C45H64ClN5O10. The van der Waals surface area contributed by atoms with Gasteiger partial charge < -0.3 is 35.5 Å². The molecule has 6 amide bonds. The molecule has 2 aliphatic heterocycles. The molecular weight excluding hydrogens is 806 g/mol. The number of methoxy groups -OCH3 is 1. The lowest BCUT2D eigenvalue weighted by Crippen LogP contribution is -2.52. The number of nitrogens with zero attached hydrogens (tertiary/aromatic N) is 1. The van der Waals surface area contributed by atoms with E-state index in [1.165, 1.54) is 36.4 Å². The van der Waals surface area contributed by atoms with E-state index in [0.29, 0.717) is 76.0 Å². The molecule has 2 aliphatic rings. The molecule has 0 spiro atoms. The van der Waals surface area contributed by atoms with Crippen molar-refractivity contribution in [2.24, 2.45) is 17.3 Å². The number of carbonyl (C=O) groups is 7. The molecule has 0 aromatic heterocycles. The summed E-state index contributed by atoms with van der Waals surface area (Å²) in [6.07, 6.45) is 21.2. The minimum Gasteiger partial charge on any atom is -0.490 e. The molecule has 0 radical (unpaired) electrons. The first-order valence-corrected chi connectivity index (χ1v) is 21.1. The molecule has 2 rings (SSSR count). The normalized spacial score (nSPS) is 17.6. The zero-order valence-corrected chi connectivity index (χ0v) is 37.3. The van der Waals surface area contributed by atoms with Crippen LogP contribution >= 0.6 is 11.6 Å². The second-order valence-corrected chi connectivity index (χ2v) is 16.6. The Morgan fingerprint density at radius 1 is 0.967 bits per heavy atom. The third kappa shape index (κ3) is 21.1. The van der Waals surface area contributed by atoms with Crippen LogP contribution in [0.3, 0.4) is 0 Å². The van der Waals surface area contributed by atoms with Gasteiger partial charge in [0.1, 0.15) is 12.1 Å². The number of cyclic esters (lactones) is 1. The summed E-state index contributed by atoms with van der Waals surface area (Å²) in [6, 6.07) is -0.847. The predicted octanol–water partition coefficient (Wildman–Crippen LogP) is 5.94. The van der Waals surface area contributed by atoms with Gasteiger partial charge in [-0.2, -0.15) is 0 Å². The van der Waals surface area contributed by atoms with Crippen LogP contribution in [0.25, 0.3) is 0 Å². The van der Waals surface area contributed by atoms with Gasteiger partial charge in [-0.25, -0.2) is 9.59 Å². The van der Waals surface area contributed by atoms with Gasteiger partial charge in [0.25, 0.3) is 11.8 Å². The first-order valence-electron chi connectivity index (χ1n) is 20.7. The van der Waals surface area contributed by atoms with Gasteiger partial charge in [0, 0.05) is 67.6 Å². The molecule has 0 aliphatic carbocycles. The Morgan fingerprint density at radius 2 is 1.66 bits per heavy atom. The lowest BCUT2D eigenvalue weighted by molar-refractivity contribution is -0.151. The zero-order valence-electron chi connectivity index (χ0n) is 36.6. The fourth-order valence-corrected chi connectivity index (χ4v) is 6.19. The highest BCUT2D eigenvalue weighted by molar-refractivity contribution is 6.29. The Kier molecular flexibility index (Phi) is 23.2. The predicted molar refractivity (Wildman–Crippen MR) is 233 cm³/mol. The van der Waals surface area contributed by atoms with Crippen LogP contribution < -0.4 is 21.3 Å². The summed E-state index contributed by atoms with van der Waals surface area (Å²) in [7, 11) is 1.43. The Balaban J connectivity index is 1.74. The van der Waals surface area contributed by atoms with E-state index >= 15 is 0 Å². The average molecular weight is 870 g/mol. The number of nitrogens with one attached hydrogen (secondary N) is 4. The minimum atomic E-state index is -0.847. The summed E-state index contributed by atoms with van der Waals surface area (Å²) >= 11 is 6.06. The van der Waals surface area contributed by atoms with Crippen LogP contribution in [0.2, 0.25) is 0 Å². The van der Waals surface area contributed by atoms with Crippen LogP contribution in [0.4, 0.5) is 4.79 Å². The largest absolute Gasteiger partial charge is 0.490 e. The summed E-state index contributed by atoms with van der Waals surface area (Å²) < 4.78 is 15.9. The average Bonchev–Trinajstić information content (AvgIpc) is 3.52. The van der Waals surface area contributed by atoms with Gasteiger partial charge in [0.2, 0.25) is 17.7 Å². The molecule has 0 aromatic carbocycles. The van der Waals surface area contributed by atoms with Gasteiger partial charge in [0.15, 0.2) is 5.76 Å². The van der Waals surface area contributed by atoms with Crippen molar-refractivity contribution in [3.63, 3.8) is 0 Å². The van der Waals surface area contributed by atoms with E-state index in [1.807, 2.05) is 52.8 Å². The molecule has 4 atom stereocenters. The number of esters is 1. The van der Waals surface area contributed by atoms with E-state index in [2.05, 4.69) is 21.3 Å². The Morgan fingerprint density at radius 3 is 2.31 bits per heavy atom. The molecule has 0 saturated carbocycles. The highest BCUT2D eigenvalue weighted by Crippen LogP contribution is 2.23. The lowest BCUT2D eigenvalue weighted by atomic mass is 9.86. The summed E-state index contributed by atoms with van der Waals surface area (Å²) in [5, 5.41) is 11.6. The van der Waals surface area contributed by atoms with Crippen molar-refractivity contribution in [2.75, 3.05) is 33.4 Å². The SMILES string of the molecule is COC1=CC[C@@H]([C@@H](C)/C=C(C)/C=C\C=C/C(=O)N[C@H](C(=O)N/C=C\CC(C/C=C(\C)Cl)COC(=O)NCCCNC(=O)CCCCCN2C(=O)C=CC2=O)C(C)(C)C)OC1=O. The number of rotatable bonds is 25. The van der Waals surface area contributed by atoms with E-state index in [4.69, 9.17) is 25.8 Å². The van der Waals surface area contributed by atoms with Crippen molar-refractivity contribution in [1.29, 1.82) is 0 Å². The quantitative estimate of drug-likeness (QED) is 0.0280. The summed E-state index contributed by atoms with van der Waals surface area (Å²) in [6.45, 7) is 12.3. The van der Waals surface area contributed by atoms with Gasteiger partial charge in [-0.15, -0.1) is 0 Å². The number of ether oxygens (including phenoxy) is 3. The van der Waals surface area contributed by atoms with Crippen molar-refractivity contribution in [3.05, 3.63) is 83.3 Å². The lowest BCUT2D eigenvalue weighted by Gasteiger charge is -2.29. The van der Waals surface area contributed by atoms with E-state index in [9.17, 15) is 33.6 Å². The monoisotopic (exact) mass is 869 g/mol. The number of allylic oxidation sites excluding steroid dienone is 7. The summed E-state index contributed by atoms with van der Waals surface area (Å²) in [5.74, 6) is -2.00. The molecule has 0 aromatic rings. The highest BCUT2D eigenvalue weighted by Gasteiger charge is 2.32. The van der Waals surface area contributed by atoms with Crippen LogP contribution in [-0.2, 0) is 43.0 Å². The topological polar surface area (TPSA) is 199 Å². The molecule has 0 saturated heterocycles. The molecule has 2 heterocycles. The Hall–Kier alpha value is -5.44. The third-order valence-corrected chi connectivity index (χ3v) is 9.74. The van der Waals surface area contributed by atoms with E-state index in [1.54, 1.807) is 31.2 Å². The Labute approximate surface area is 365 Å². The van der Waals surface area contributed by atoms with Gasteiger partial charge >= 0.3 is 12.1 Å². The summed E-state index contributed by atoms with van der Waals surface area (Å²) in [5.41, 5.74) is 0.315. The fraction of sp³-hybridized carbons (Fsp3) is 0.533. The number of halogens is 1. The molecule has 0 fully saturated rings. The fourth-order valence-electron chi connectivity index (χ4n) is 6.10. The highest BCUT2D eigenvalue weighted by atomic mass is 35.5. The maximum Gasteiger partial charge on any atom is 0.407 e. The first kappa shape index (κ1) is 51.7. The third-order valence-electron chi connectivity index (χ3n) is 9.59. The van der Waals surface area contributed by atoms with E-state index in [0.717, 1.165) is 5.57 Å². The van der Waals surface area contributed by atoms with Crippen molar-refractivity contribution in [3.8, 4) is 0 Å². The number of alkyl carbamates (subject to hydrolysis) is 1. The molecule has 15 nitrogen and oxygen atoms in total. The van der Waals surface area contributed by atoms with E-state index in [-0.39, 0.29) is 48.0 Å². The van der Waals surface area contributed by atoms with Crippen molar-refractivity contribution in [2.45, 2.75) is 105 Å². The zero-order chi connectivity index (χ0) is 45.4. The molecule has 61 heavy (non-hydrogen) atoms. The van der Waals surface area contributed by atoms with Crippen LogP contribution in [-0.4, -0.2) is 92.0 Å². The first-order chi connectivity index (χ1) is 28.9. The molecule has 4 N–H and O–H groups in total. The second-order valence-electron chi connectivity index (χ2n) is 16.0. The van der Waals surface area contributed by atoms with Gasteiger partial charge in [-0.1, -0.05) is 87.7 Å². The number of hydrogen-bond donors (Lipinski definition) is 4. The maximum atomic E-state index is 13.2. The van der Waals surface area contributed by atoms with Gasteiger partial charge in [-0.05, 0) is 63.6 Å². The number of imide groups is 1. The molecule has 1 unspecified atom stereocenters. The van der Waals surface area contributed by atoms with Crippen LogP contribution in [0.1, 0.15) is 92.9 Å². The smallest absolute Gasteiger partial charge is 0.407 e. The van der Waals surface area contributed by atoms with Crippen molar-refractivity contribution >= 4 is 53.2 Å².